The van der Waals surface area contributed by atoms with Gasteiger partial charge in [0.15, 0.2) is 0 Å². The summed E-state index contributed by atoms with van der Waals surface area (Å²) in [5.74, 6) is -0.149. The summed E-state index contributed by atoms with van der Waals surface area (Å²) >= 11 is 7.80. The van der Waals surface area contributed by atoms with Gasteiger partial charge in [-0.05, 0) is 37.6 Å². The molecule has 0 unspecified atom stereocenters. The highest BCUT2D eigenvalue weighted by atomic mass is 35.5. The number of hydrogen-bond donors (Lipinski definition) is 1. The minimum Gasteiger partial charge on any atom is -0.495 e. The smallest absolute Gasteiger partial charge is 0.309 e. The number of carboxylic acid groups (broad SMARTS) is 1. The number of aliphatic carboxylic acids is 1. The minimum atomic E-state index is -0.927. The monoisotopic (exact) mass is 460 g/mol. The molecule has 0 aliphatic heterocycles. The van der Waals surface area contributed by atoms with E-state index in [1.165, 1.54) is 0 Å². The van der Waals surface area contributed by atoms with Gasteiger partial charge in [0.1, 0.15) is 11.4 Å². The maximum absolute atomic E-state index is 12.0. The third kappa shape index (κ3) is 5.36. The second-order valence-electron chi connectivity index (χ2n) is 9.31. The van der Waals surface area contributed by atoms with E-state index in [1.54, 1.807) is 38.9 Å². The van der Waals surface area contributed by atoms with Crippen molar-refractivity contribution in [1.82, 2.24) is 9.55 Å². The predicted octanol–water partition coefficient (Wildman–Crippen LogP) is 6.29. The second-order valence-corrected chi connectivity index (χ2v) is 11.6. The maximum atomic E-state index is 12.0. The summed E-state index contributed by atoms with van der Waals surface area (Å²) in [5, 5.41) is 11.5. The Balaban J connectivity index is 2.28. The third-order valence-electron chi connectivity index (χ3n) is 5.02. The van der Waals surface area contributed by atoms with Gasteiger partial charge in [-0.2, -0.15) is 0 Å². The fourth-order valence-corrected chi connectivity index (χ4v) is 4.67. The van der Waals surface area contributed by atoms with Crippen LogP contribution in [0.5, 0.6) is 5.75 Å². The molecule has 1 aromatic carbocycles. The van der Waals surface area contributed by atoms with E-state index >= 15 is 0 Å². The highest BCUT2D eigenvalue weighted by Crippen LogP contribution is 2.43. The number of fused-ring (bicyclic) bond motifs is 1. The number of carboxylic acids is 1. The van der Waals surface area contributed by atoms with E-state index in [2.05, 4.69) is 25.3 Å². The Morgan fingerprint density at radius 3 is 2.39 bits per heavy atom. The van der Waals surface area contributed by atoms with Crippen LogP contribution in [-0.2, 0) is 17.8 Å². The number of halogens is 1. The van der Waals surface area contributed by atoms with Crippen LogP contribution >= 0.6 is 23.4 Å². The number of nitrogens with zero attached hydrogens (tertiary/aromatic N) is 2. The van der Waals surface area contributed by atoms with Gasteiger partial charge >= 0.3 is 5.97 Å². The van der Waals surface area contributed by atoms with Crippen molar-refractivity contribution in [3.63, 3.8) is 0 Å². The number of thioether (sulfide) groups is 1. The Hall–Kier alpha value is -2.18. The summed E-state index contributed by atoms with van der Waals surface area (Å²) in [6.07, 6.45) is 2.09. The van der Waals surface area contributed by atoms with Gasteiger partial charge in [0.25, 0.3) is 0 Å². The van der Waals surface area contributed by atoms with Crippen LogP contribution in [-0.4, -0.2) is 32.5 Å². The number of benzene rings is 1. The van der Waals surface area contributed by atoms with Crippen LogP contribution in [0.15, 0.2) is 41.4 Å². The molecule has 0 amide bonds. The summed E-state index contributed by atoms with van der Waals surface area (Å²) in [6, 6.07) is 9.70. The molecule has 3 aromatic rings. The molecule has 2 heterocycles. The normalized spacial score (nSPS) is 12.4. The van der Waals surface area contributed by atoms with Crippen molar-refractivity contribution in [3.05, 3.63) is 52.8 Å². The molecular formula is C24H29ClN2O3S. The number of aromatic nitrogens is 2. The lowest BCUT2D eigenvalue weighted by Gasteiger charge is -2.24. The van der Waals surface area contributed by atoms with Gasteiger partial charge < -0.3 is 14.4 Å². The van der Waals surface area contributed by atoms with Crippen molar-refractivity contribution in [2.45, 2.75) is 57.2 Å². The van der Waals surface area contributed by atoms with Crippen molar-refractivity contribution in [2.24, 2.45) is 5.41 Å². The molecular weight excluding hydrogens is 432 g/mol. The predicted molar refractivity (Wildman–Crippen MR) is 128 cm³/mol. The van der Waals surface area contributed by atoms with E-state index < -0.39 is 11.4 Å². The minimum absolute atomic E-state index is 0.0649. The Morgan fingerprint density at radius 2 is 1.84 bits per heavy atom. The van der Waals surface area contributed by atoms with Crippen molar-refractivity contribution >= 4 is 40.4 Å². The number of carbonyl (C=O) groups is 1. The summed E-state index contributed by atoms with van der Waals surface area (Å²) in [4.78, 5) is 17.7. The van der Waals surface area contributed by atoms with Crippen LogP contribution in [0.25, 0.3) is 11.0 Å². The molecule has 0 atom stereocenters. The first kappa shape index (κ1) is 23.5. The molecule has 0 bridgehead atoms. The molecule has 0 saturated heterocycles. The van der Waals surface area contributed by atoms with E-state index in [-0.39, 0.29) is 4.75 Å². The molecule has 0 fully saturated rings. The average molecular weight is 461 g/mol. The molecule has 5 nitrogen and oxygen atoms in total. The highest BCUT2D eigenvalue weighted by molar-refractivity contribution is 8.00. The summed E-state index contributed by atoms with van der Waals surface area (Å²) in [7, 11) is 1.62. The highest BCUT2D eigenvalue weighted by Gasteiger charge is 2.33. The van der Waals surface area contributed by atoms with Gasteiger partial charge in [-0.25, -0.2) is 4.98 Å². The van der Waals surface area contributed by atoms with E-state index in [0.717, 1.165) is 27.2 Å². The zero-order valence-corrected chi connectivity index (χ0v) is 20.4. The summed E-state index contributed by atoms with van der Waals surface area (Å²) in [6.45, 7) is 10.6. The molecule has 0 radical (unpaired) electrons. The van der Waals surface area contributed by atoms with E-state index in [1.807, 2.05) is 30.3 Å². The molecule has 31 heavy (non-hydrogen) atoms. The van der Waals surface area contributed by atoms with Crippen LogP contribution in [0.4, 0.5) is 0 Å². The van der Waals surface area contributed by atoms with Gasteiger partial charge in [0.05, 0.1) is 18.7 Å². The average Bonchev–Trinajstić information content (AvgIpc) is 2.94. The van der Waals surface area contributed by atoms with Gasteiger partial charge in [-0.1, -0.05) is 44.5 Å². The standard InChI is InChI=1S/C24H29ClN2O3S/c1-23(2,3)31-20-18-11-17(30-6)13-26-21(18)27(14-15-7-9-16(25)10-8-15)19(20)12-24(4,5)22(28)29/h7-11,13H,12,14H2,1-6H3,(H,28,29). The van der Waals surface area contributed by atoms with Crippen molar-refractivity contribution in [1.29, 1.82) is 0 Å². The summed E-state index contributed by atoms with van der Waals surface area (Å²) < 4.78 is 7.51. The number of rotatable bonds is 7. The first-order valence-corrected chi connectivity index (χ1v) is 11.3. The molecule has 0 saturated carbocycles. The molecule has 0 aliphatic rings. The molecule has 0 aliphatic carbocycles. The first-order chi connectivity index (χ1) is 14.4. The maximum Gasteiger partial charge on any atom is 0.309 e. The van der Waals surface area contributed by atoms with Crippen LogP contribution in [0.1, 0.15) is 45.9 Å². The molecule has 7 heteroatoms. The lowest BCUT2D eigenvalue weighted by Crippen LogP contribution is -2.28. The summed E-state index contributed by atoms with van der Waals surface area (Å²) in [5.41, 5.74) is 1.93. The Bertz CT molecular complexity index is 1100. The molecule has 0 spiro atoms. The quantitative estimate of drug-likeness (QED) is 0.419. The van der Waals surface area contributed by atoms with Crippen LogP contribution < -0.4 is 4.74 Å². The zero-order valence-electron chi connectivity index (χ0n) is 18.8. The van der Waals surface area contributed by atoms with Gasteiger partial charge in [-0.3, -0.25) is 4.79 Å². The van der Waals surface area contributed by atoms with E-state index in [9.17, 15) is 9.90 Å². The SMILES string of the molecule is COc1cnc2c(c1)c(SC(C)(C)C)c(CC(C)(C)C(=O)O)n2Cc1ccc(Cl)cc1. The number of pyridine rings is 1. The third-order valence-corrected chi connectivity index (χ3v) is 6.54. The Morgan fingerprint density at radius 1 is 1.19 bits per heavy atom. The lowest BCUT2D eigenvalue weighted by molar-refractivity contribution is -0.146. The molecule has 2 aromatic heterocycles. The zero-order chi connectivity index (χ0) is 23.0. The number of hydrogen-bond acceptors (Lipinski definition) is 4. The second kappa shape index (κ2) is 8.75. The van der Waals surface area contributed by atoms with E-state index in [0.29, 0.717) is 23.7 Å². The first-order valence-electron chi connectivity index (χ1n) is 10.1. The fourth-order valence-electron chi connectivity index (χ4n) is 3.37. The van der Waals surface area contributed by atoms with Crippen molar-refractivity contribution < 1.29 is 14.6 Å². The fraction of sp³-hybridized carbons (Fsp3) is 0.417. The Labute approximate surface area is 192 Å². The molecule has 3 rings (SSSR count). The lowest BCUT2D eigenvalue weighted by atomic mass is 9.88. The van der Waals surface area contributed by atoms with Gasteiger partial charge in [0, 0.05) is 38.7 Å². The van der Waals surface area contributed by atoms with Gasteiger partial charge in [0.2, 0.25) is 0 Å². The molecule has 166 valence electrons. The number of methoxy groups -OCH3 is 1. The topological polar surface area (TPSA) is 64.3 Å². The molecule has 1 N–H and O–H groups in total. The van der Waals surface area contributed by atoms with Crippen LogP contribution in [0.2, 0.25) is 5.02 Å². The van der Waals surface area contributed by atoms with E-state index in [4.69, 9.17) is 21.3 Å². The number of ether oxygens (including phenoxy) is 1. The van der Waals surface area contributed by atoms with Gasteiger partial charge in [-0.15, -0.1) is 11.8 Å². The Kier molecular flexibility index (Phi) is 6.63. The van der Waals surface area contributed by atoms with Crippen LogP contribution in [0, 0.1) is 5.41 Å². The van der Waals surface area contributed by atoms with Crippen molar-refractivity contribution in [2.75, 3.05) is 7.11 Å². The largest absolute Gasteiger partial charge is 0.495 e. The van der Waals surface area contributed by atoms with Crippen molar-refractivity contribution in [3.8, 4) is 5.75 Å². The van der Waals surface area contributed by atoms with Crippen LogP contribution in [0.3, 0.4) is 0 Å².